The normalized spacial score (nSPS) is 10.2. The van der Waals surface area contributed by atoms with Crippen LogP contribution in [-0.2, 0) is 4.74 Å². The topological polar surface area (TPSA) is 69.7 Å². The molecule has 0 spiro atoms. The molecule has 0 saturated carbocycles. The Kier molecular flexibility index (Phi) is 6.41. The minimum absolute atomic E-state index is 0.0300. The van der Waals surface area contributed by atoms with Crippen molar-refractivity contribution in [3.63, 3.8) is 0 Å². The van der Waals surface area contributed by atoms with Gasteiger partial charge in [-0.3, -0.25) is 0 Å². The van der Waals surface area contributed by atoms with Crippen LogP contribution in [-0.4, -0.2) is 31.3 Å². The van der Waals surface area contributed by atoms with Gasteiger partial charge in [0.1, 0.15) is 30.3 Å². The molecule has 0 atom stereocenters. The molecule has 3 aromatic rings. The van der Waals surface area contributed by atoms with E-state index in [1.54, 1.807) is 43.6 Å². The number of hydrogen-bond acceptors (Lipinski definition) is 6. The van der Waals surface area contributed by atoms with Gasteiger partial charge in [-0.1, -0.05) is 24.3 Å². The molecule has 6 nitrogen and oxygen atoms in total. The number of esters is 1. The molecule has 0 fully saturated rings. The summed E-state index contributed by atoms with van der Waals surface area (Å²) in [6, 6.07) is 16.6. The van der Waals surface area contributed by atoms with Crippen LogP contribution < -0.4 is 14.8 Å². The number of pyridine rings is 1. The fourth-order valence-electron chi connectivity index (χ4n) is 2.47. The van der Waals surface area contributed by atoms with Gasteiger partial charge < -0.3 is 19.5 Å². The maximum Gasteiger partial charge on any atom is 0.342 e. The minimum atomic E-state index is -0.567. The Balaban J connectivity index is 1.62. The first-order valence-electron chi connectivity index (χ1n) is 8.58. The summed E-state index contributed by atoms with van der Waals surface area (Å²) in [6.45, 7) is -0.00162. The van der Waals surface area contributed by atoms with Crippen molar-refractivity contribution < 1.29 is 23.4 Å². The monoisotopic (exact) mass is 382 g/mol. The zero-order valence-electron chi connectivity index (χ0n) is 15.2. The second-order valence-electron chi connectivity index (χ2n) is 5.64. The molecule has 2 aromatic carbocycles. The number of rotatable bonds is 8. The molecular formula is C21H19FN2O4. The molecule has 0 aliphatic heterocycles. The van der Waals surface area contributed by atoms with Crippen molar-refractivity contribution in [1.29, 1.82) is 0 Å². The molecule has 3 rings (SSSR count). The zero-order chi connectivity index (χ0) is 19.8. The molecule has 28 heavy (non-hydrogen) atoms. The smallest absolute Gasteiger partial charge is 0.342 e. The van der Waals surface area contributed by atoms with Crippen molar-refractivity contribution in [1.82, 2.24) is 4.98 Å². The van der Waals surface area contributed by atoms with Gasteiger partial charge in [-0.15, -0.1) is 0 Å². The Morgan fingerprint density at radius 3 is 2.54 bits per heavy atom. The van der Waals surface area contributed by atoms with Crippen LogP contribution in [0.4, 0.5) is 15.9 Å². The number of ether oxygens (including phenoxy) is 3. The van der Waals surface area contributed by atoms with Gasteiger partial charge in [0.15, 0.2) is 11.6 Å². The van der Waals surface area contributed by atoms with E-state index in [1.165, 1.54) is 12.1 Å². The van der Waals surface area contributed by atoms with E-state index in [0.29, 0.717) is 17.3 Å². The Morgan fingerprint density at radius 2 is 1.75 bits per heavy atom. The predicted molar refractivity (Wildman–Crippen MR) is 103 cm³/mol. The van der Waals surface area contributed by atoms with Crippen molar-refractivity contribution in [3.8, 4) is 11.5 Å². The third kappa shape index (κ3) is 4.76. The molecule has 1 N–H and O–H groups in total. The van der Waals surface area contributed by atoms with Gasteiger partial charge in [0.05, 0.1) is 12.8 Å². The molecule has 0 aliphatic carbocycles. The van der Waals surface area contributed by atoms with Crippen molar-refractivity contribution in [2.24, 2.45) is 0 Å². The highest BCUT2D eigenvalue weighted by molar-refractivity contribution is 5.95. The first-order valence-corrected chi connectivity index (χ1v) is 8.58. The van der Waals surface area contributed by atoms with Crippen molar-refractivity contribution in [2.45, 2.75) is 0 Å². The lowest BCUT2D eigenvalue weighted by Gasteiger charge is -2.13. The molecule has 7 heteroatoms. The van der Waals surface area contributed by atoms with Gasteiger partial charge in [0, 0.05) is 6.20 Å². The van der Waals surface area contributed by atoms with Crippen LogP contribution in [0.1, 0.15) is 10.4 Å². The third-order valence-corrected chi connectivity index (χ3v) is 3.80. The molecule has 144 valence electrons. The van der Waals surface area contributed by atoms with Gasteiger partial charge in [-0.2, -0.15) is 0 Å². The Morgan fingerprint density at radius 1 is 1.00 bits per heavy atom. The molecule has 0 bridgehead atoms. The number of methoxy groups -OCH3 is 1. The zero-order valence-corrected chi connectivity index (χ0v) is 15.2. The molecule has 0 unspecified atom stereocenters. The summed E-state index contributed by atoms with van der Waals surface area (Å²) in [5, 5.41) is 3.08. The number of para-hydroxylation sites is 3. The molecule has 0 radical (unpaired) electrons. The number of benzene rings is 2. The Bertz CT molecular complexity index is 949. The first kappa shape index (κ1) is 19.2. The standard InChI is InChI=1S/C21H19FN2O4/c1-26-19-11-5-3-9-17(19)24-20-15(7-6-12-23-20)21(25)28-14-13-27-18-10-4-2-8-16(18)22/h2-12H,13-14H2,1H3,(H,23,24). The second kappa shape index (κ2) is 9.36. The van der Waals surface area contributed by atoms with Crippen LogP contribution in [0.2, 0.25) is 0 Å². The number of nitrogens with one attached hydrogen (secondary N) is 1. The minimum Gasteiger partial charge on any atom is -0.495 e. The van der Waals surface area contributed by atoms with Crippen LogP contribution in [0.15, 0.2) is 66.9 Å². The number of carbonyl (C=O) groups excluding carboxylic acids is 1. The molecule has 0 amide bonds. The Labute approximate surface area is 161 Å². The SMILES string of the molecule is COc1ccccc1Nc1ncccc1C(=O)OCCOc1ccccc1F. The summed E-state index contributed by atoms with van der Waals surface area (Å²) >= 11 is 0. The fraction of sp³-hybridized carbons (Fsp3) is 0.143. The number of aromatic nitrogens is 1. The quantitative estimate of drug-likeness (QED) is 0.465. The number of anilines is 2. The summed E-state index contributed by atoms with van der Waals surface area (Å²) in [7, 11) is 1.56. The van der Waals surface area contributed by atoms with Gasteiger partial charge in [-0.25, -0.2) is 14.2 Å². The van der Waals surface area contributed by atoms with E-state index >= 15 is 0 Å². The predicted octanol–water partition coefficient (Wildman–Crippen LogP) is 4.21. The average molecular weight is 382 g/mol. The summed E-state index contributed by atoms with van der Waals surface area (Å²) in [6.07, 6.45) is 1.57. The maximum absolute atomic E-state index is 13.5. The highest BCUT2D eigenvalue weighted by atomic mass is 19.1. The molecular weight excluding hydrogens is 363 g/mol. The second-order valence-corrected chi connectivity index (χ2v) is 5.64. The van der Waals surface area contributed by atoms with E-state index in [-0.39, 0.29) is 24.5 Å². The van der Waals surface area contributed by atoms with E-state index in [1.807, 2.05) is 18.2 Å². The van der Waals surface area contributed by atoms with Crippen molar-refractivity contribution >= 4 is 17.5 Å². The van der Waals surface area contributed by atoms with Crippen molar-refractivity contribution in [3.05, 3.63) is 78.2 Å². The van der Waals surface area contributed by atoms with Crippen LogP contribution in [0, 0.1) is 5.82 Å². The Hall–Kier alpha value is -3.61. The number of hydrogen-bond donors (Lipinski definition) is 1. The van der Waals surface area contributed by atoms with E-state index in [2.05, 4.69) is 10.3 Å². The first-order chi connectivity index (χ1) is 13.7. The highest BCUT2D eigenvalue weighted by Crippen LogP contribution is 2.27. The third-order valence-electron chi connectivity index (χ3n) is 3.80. The van der Waals surface area contributed by atoms with Crippen molar-refractivity contribution in [2.75, 3.05) is 25.6 Å². The summed E-state index contributed by atoms with van der Waals surface area (Å²) in [5.74, 6) is 0.0308. The van der Waals surface area contributed by atoms with Crippen LogP contribution in [0.25, 0.3) is 0 Å². The van der Waals surface area contributed by atoms with Gasteiger partial charge in [0.2, 0.25) is 0 Å². The van der Waals surface area contributed by atoms with E-state index in [9.17, 15) is 9.18 Å². The number of carbonyl (C=O) groups is 1. The number of nitrogens with zero attached hydrogens (tertiary/aromatic N) is 1. The molecule has 1 aromatic heterocycles. The highest BCUT2D eigenvalue weighted by Gasteiger charge is 2.15. The van der Waals surface area contributed by atoms with Crippen LogP contribution in [0.5, 0.6) is 11.5 Å². The summed E-state index contributed by atoms with van der Waals surface area (Å²) in [5.41, 5.74) is 0.930. The molecule has 0 saturated heterocycles. The van der Waals surface area contributed by atoms with Crippen LogP contribution in [0.3, 0.4) is 0 Å². The number of halogens is 1. The average Bonchev–Trinajstić information content (AvgIpc) is 2.73. The lowest BCUT2D eigenvalue weighted by Crippen LogP contribution is -2.14. The van der Waals surface area contributed by atoms with E-state index < -0.39 is 11.8 Å². The molecule has 1 heterocycles. The van der Waals surface area contributed by atoms with Gasteiger partial charge in [0.25, 0.3) is 0 Å². The summed E-state index contributed by atoms with van der Waals surface area (Å²) < 4.78 is 29.3. The summed E-state index contributed by atoms with van der Waals surface area (Å²) in [4.78, 5) is 16.6. The molecule has 0 aliphatic rings. The lowest BCUT2D eigenvalue weighted by atomic mass is 10.2. The van der Waals surface area contributed by atoms with Crippen LogP contribution >= 0.6 is 0 Å². The van der Waals surface area contributed by atoms with Gasteiger partial charge in [-0.05, 0) is 36.4 Å². The maximum atomic E-state index is 13.5. The lowest BCUT2D eigenvalue weighted by molar-refractivity contribution is 0.0449. The van der Waals surface area contributed by atoms with E-state index in [4.69, 9.17) is 14.2 Å². The van der Waals surface area contributed by atoms with E-state index in [0.717, 1.165) is 0 Å². The largest absolute Gasteiger partial charge is 0.495 e. The van der Waals surface area contributed by atoms with Gasteiger partial charge >= 0.3 is 5.97 Å². The fourth-order valence-corrected chi connectivity index (χ4v) is 2.47.